The highest BCUT2D eigenvalue weighted by Gasteiger charge is 2.32. The molecule has 3 aromatic carbocycles. The van der Waals surface area contributed by atoms with E-state index in [2.05, 4.69) is 29.6 Å². The molecule has 32 heavy (non-hydrogen) atoms. The van der Waals surface area contributed by atoms with Crippen LogP contribution >= 0.6 is 11.8 Å². The lowest BCUT2D eigenvalue weighted by Crippen LogP contribution is -2.41. The number of anilines is 1. The maximum absolute atomic E-state index is 13.0. The van der Waals surface area contributed by atoms with Crippen LogP contribution in [0.2, 0.25) is 0 Å². The van der Waals surface area contributed by atoms with Crippen LogP contribution in [0.1, 0.15) is 24.0 Å². The van der Waals surface area contributed by atoms with Gasteiger partial charge in [0.05, 0.1) is 4.90 Å². The lowest BCUT2D eigenvalue weighted by Gasteiger charge is -2.30. The number of thioether (sulfide) groups is 1. The van der Waals surface area contributed by atoms with Crippen LogP contribution in [0.25, 0.3) is 10.8 Å². The Kier molecular flexibility index (Phi) is 5.73. The third-order valence-electron chi connectivity index (χ3n) is 6.66. The van der Waals surface area contributed by atoms with Gasteiger partial charge in [0, 0.05) is 35.0 Å². The van der Waals surface area contributed by atoms with E-state index >= 15 is 0 Å². The molecule has 5 rings (SSSR count). The number of nitrogens with zero attached hydrogens (tertiary/aromatic N) is 1. The molecule has 0 unspecified atom stereocenters. The van der Waals surface area contributed by atoms with E-state index in [0.29, 0.717) is 30.8 Å². The first-order valence-corrected chi connectivity index (χ1v) is 13.6. The summed E-state index contributed by atoms with van der Waals surface area (Å²) in [6.45, 7) is 0.711. The molecule has 5 nitrogen and oxygen atoms in total. The number of hydrogen-bond donors (Lipinski definition) is 1. The van der Waals surface area contributed by atoms with Gasteiger partial charge in [0.2, 0.25) is 15.9 Å². The number of carbonyl (C=O) groups excluding carboxylic acids is 1. The Labute approximate surface area is 193 Å². The Morgan fingerprint density at radius 3 is 2.34 bits per heavy atom. The van der Waals surface area contributed by atoms with Crippen molar-refractivity contribution in [2.45, 2.75) is 35.5 Å². The molecule has 0 aromatic heterocycles. The lowest BCUT2D eigenvalue weighted by atomic mass is 9.96. The van der Waals surface area contributed by atoms with E-state index in [1.165, 1.54) is 20.8 Å². The Bertz CT molecular complexity index is 1270. The van der Waals surface area contributed by atoms with Crippen molar-refractivity contribution < 1.29 is 13.2 Å². The van der Waals surface area contributed by atoms with Crippen molar-refractivity contribution in [2.75, 3.05) is 24.7 Å². The first-order chi connectivity index (χ1) is 15.5. The van der Waals surface area contributed by atoms with Crippen molar-refractivity contribution in [3.8, 4) is 0 Å². The number of nitrogens with one attached hydrogen (secondary N) is 1. The highest BCUT2D eigenvalue weighted by atomic mass is 32.2. The quantitative estimate of drug-likeness (QED) is 0.554. The largest absolute Gasteiger partial charge is 0.325 e. The molecular weight excluding hydrogens is 440 g/mol. The maximum atomic E-state index is 13.0. The van der Waals surface area contributed by atoms with Crippen LogP contribution in [-0.2, 0) is 27.7 Å². The highest BCUT2D eigenvalue weighted by molar-refractivity contribution is 7.98. The summed E-state index contributed by atoms with van der Waals surface area (Å²) < 4.78 is 27.5. The van der Waals surface area contributed by atoms with E-state index in [0.717, 1.165) is 28.8 Å². The zero-order chi connectivity index (χ0) is 22.3. The Balaban J connectivity index is 1.27. The van der Waals surface area contributed by atoms with Gasteiger partial charge in [-0.25, -0.2) is 8.42 Å². The average Bonchev–Trinajstić information content (AvgIpc) is 3.25. The minimum absolute atomic E-state index is 0.0231. The van der Waals surface area contributed by atoms with Crippen molar-refractivity contribution in [3.05, 3.63) is 65.7 Å². The normalized spacial score (nSPS) is 17.0. The minimum atomic E-state index is -3.53. The molecule has 1 aliphatic heterocycles. The van der Waals surface area contributed by atoms with E-state index in [9.17, 15) is 13.2 Å². The summed E-state index contributed by atoms with van der Waals surface area (Å²) in [5, 5.41) is 5.50. The van der Waals surface area contributed by atoms with E-state index in [1.807, 2.05) is 24.5 Å². The molecule has 1 aliphatic carbocycles. The predicted octanol–water partition coefficient (Wildman–Crippen LogP) is 4.70. The molecule has 1 fully saturated rings. The molecule has 0 bridgehead atoms. The van der Waals surface area contributed by atoms with Gasteiger partial charge in [-0.3, -0.25) is 4.79 Å². The van der Waals surface area contributed by atoms with Crippen molar-refractivity contribution in [1.82, 2.24) is 4.31 Å². The van der Waals surface area contributed by atoms with Crippen LogP contribution < -0.4 is 5.32 Å². The second kappa shape index (κ2) is 8.54. The molecule has 0 atom stereocenters. The Morgan fingerprint density at radius 1 is 0.969 bits per heavy atom. The van der Waals surface area contributed by atoms with Crippen molar-refractivity contribution in [3.63, 3.8) is 0 Å². The number of rotatable bonds is 5. The molecule has 2 aliphatic rings. The zero-order valence-corrected chi connectivity index (χ0v) is 19.6. The van der Waals surface area contributed by atoms with Gasteiger partial charge in [0.15, 0.2) is 0 Å². The van der Waals surface area contributed by atoms with Crippen LogP contribution in [0.3, 0.4) is 0 Å². The van der Waals surface area contributed by atoms with Crippen LogP contribution in [0.15, 0.2) is 64.4 Å². The van der Waals surface area contributed by atoms with Crippen LogP contribution in [-0.4, -0.2) is 38.0 Å². The first kappa shape index (κ1) is 21.5. The fraction of sp³-hybridized carbons (Fsp3) is 0.320. The fourth-order valence-electron chi connectivity index (χ4n) is 4.85. The van der Waals surface area contributed by atoms with Crippen molar-refractivity contribution in [2.24, 2.45) is 5.92 Å². The van der Waals surface area contributed by atoms with Crippen molar-refractivity contribution in [1.29, 1.82) is 0 Å². The summed E-state index contributed by atoms with van der Waals surface area (Å²) in [5.41, 5.74) is 3.54. The molecule has 1 N–H and O–H groups in total. The molecule has 3 aromatic rings. The van der Waals surface area contributed by atoms with Crippen LogP contribution in [0, 0.1) is 5.92 Å². The molecule has 0 spiro atoms. The monoisotopic (exact) mass is 466 g/mol. The minimum Gasteiger partial charge on any atom is -0.325 e. The molecule has 0 saturated carbocycles. The van der Waals surface area contributed by atoms with Crippen LogP contribution in [0.5, 0.6) is 0 Å². The van der Waals surface area contributed by atoms with Gasteiger partial charge in [0.1, 0.15) is 0 Å². The Morgan fingerprint density at radius 2 is 1.66 bits per heavy atom. The number of piperidine rings is 1. The van der Waals surface area contributed by atoms with Crippen molar-refractivity contribution >= 4 is 44.2 Å². The summed E-state index contributed by atoms with van der Waals surface area (Å²) in [6, 6.07) is 17.4. The molecule has 166 valence electrons. The number of benzene rings is 3. The van der Waals surface area contributed by atoms with Gasteiger partial charge in [-0.1, -0.05) is 24.3 Å². The van der Waals surface area contributed by atoms with E-state index < -0.39 is 10.0 Å². The summed E-state index contributed by atoms with van der Waals surface area (Å²) in [7, 11) is -3.53. The van der Waals surface area contributed by atoms with Crippen LogP contribution in [0.4, 0.5) is 5.69 Å². The summed E-state index contributed by atoms with van der Waals surface area (Å²) in [6.07, 6.45) is 5.11. The topological polar surface area (TPSA) is 66.5 Å². The zero-order valence-electron chi connectivity index (χ0n) is 18.0. The molecule has 7 heteroatoms. The fourth-order valence-corrected chi connectivity index (χ4v) is 6.72. The highest BCUT2D eigenvalue weighted by Crippen LogP contribution is 2.35. The number of aryl methyl sites for hydroxylation is 2. The summed E-state index contributed by atoms with van der Waals surface area (Å²) >= 11 is 1.58. The van der Waals surface area contributed by atoms with Gasteiger partial charge < -0.3 is 5.32 Å². The van der Waals surface area contributed by atoms with E-state index in [-0.39, 0.29) is 11.8 Å². The molecule has 0 radical (unpaired) electrons. The molecular formula is C25H26N2O3S2. The molecule has 1 heterocycles. The van der Waals surface area contributed by atoms with E-state index in [1.54, 1.807) is 23.9 Å². The SMILES string of the molecule is CSc1ccc(S(=O)(=O)N2CCC(C(=O)Nc3ccc4c5c(cccc35)CC4)CC2)cc1. The van der Waals surface area contributed by atoms with Gasteiger partial charge in [0.25, 0.3) is 0 Å². The lowest BCUT2D eigenvalue weighted by molar-refractivity contribution is -0.120. The van der Waals surface area contributed by atoms with Gasteiger partial charge >= 0.3 is 0 Å². The third kappa shape index (κ3) is 3.83. The number of amides is 1. The standard InChI is InChI=1S/C25H26N2O3S2/c1-31-20-8-10-21(11-9-20)32(29,30)27-15-13-19(14-16-27)25(28)26-23-12-7-18-6-5-17-3-2-4-22(23)24(17)18/h2-4,7-12,19H,5-6,13-16H2,1H3,(H,26,28). The average molecular weight is 467 g/mol. The number of hydrogen-bond acceptors (Lipinski definition) is 4. The second-order valence-corrected chi connectivity index (χ2v) is 11.3. The second-order valence-electron chi connectivity index (χ2n) is 8.46. The predicted molar refractivity (Wildman–Crippen MR) is 130 cm³/mol. The Hall–Kier alpha value is -2.35. The summed E-state index contributed by atoms with van der Waals surface area (Å²) in [4.78, 5) is 14.4. The smallest absolute Gasteiger partial charge is 0.243 e. The van der Waals surface area contributed by atoms with Gasteiger partial charge in [-0.05, 0) is 78.8 Å². The molecule has 1 saturated heterocycles. The number of sulfonamides is 1. The molecule has 1 amide bonds. The number of carbonyl (C=O) groups is 1. The maximum Gasteiger partial charge on any atom is 0.243 e. The summed E-state index contributed by atoms with van der Waals surface area (Å²) in [5.74, 6) is -0.214. The van der Waals surface area contributed by atoms with E-state index in [4.69, 9.17) is 0 Å². The third-order valence-corrected chi connectivity index (χ3v) is 9.31. The van der Waals surface area contributed by atoms with Gasteiger partial charge in [-0.2, -0.15) is 4.31 Å². The van der Waals surface area contributed by atoms with Gasteiger partial charge in [-0.15, -0.1) is 11.8 Å². The first-order valence-electron chi connectivity index (χ1n) is 11.0.